The molecule has 76 valence electrons. The topological polar surface area (TPSA) is 75.3 Å². The average Bonchev–Trinajstić information content (AvgIpc) is 2.14. The minimum atomic E-state index is -0.995. The predicted molar refractivity (Wildman–Crippen MR) is 55.3 cm³/mol. The molecule has 0 spiro atoms. The van der Waals surface area contributed by atoms with Gasteiger partial charge in [0.1, 0.15) is 6.04 Å². The van der Waals surface area contributed by atoms with Crippen LogP contribution in [0.25, 0.3) is 0 Å². The molecule has 0 aliphatic rings. The summed E-state index contributed by atoms with van der Waals surface area (Å²) >= 11 is 0. The lowest BCUT2D eigenvalue weighted by Gasteiger charge is -2.09. The van der Waals surface area contributed by atoms with Crippen molar-refractivity contribution in [2.24, 2.45) is 5.73 Å². The zero-order chi connectivity index (χ0) is 10.6. The molecule has 0 saturated carbocycles. The summed E-state index contributed by atoms with van der Waals surface area (Å²) in [5, 5.41) is 11.5. The molecule has 0 radical (unpaired) electrons. The number of rotatable bonds is 4. The van der Waals surface area contributed by atoms with Gasteiger partial charge in [-0.1, -0.05) is 12.1 Å². The van der Waals surface area contributed by atoms with Crippen molar-refractivity contribution >= 4 is 11.7 Å². The van der Waals surface area contributed by atoms with Crippen LogP contribution in [0.15, 0.2) is 24.3 Å². The summed E-state index contributed by atoms with van der Waals surface area (Å²) in [6, 6.07) is 6.83. The lowest BCUT2D eigenvalue weighted by molar-refractivity contribution is -0.138. The van der Waals surface area contributed by atoms with Crippen molar-refractivity contribution in [1.82, 2.24) is 0 Å². The van der Waals surface area contributed by atoms with E-state index in [1.54, 1.807) is 0 Å². The maximum atomic E-state index is 10.4. The van der Waals surface area contributed by atoms with Crippen molar-refractivity contribution in [3.63, 3.8) is 0 Å². The van der Waals surface area contributed by atoms with Crippen LogP contribution in [0, 0.1) is 6.92 Å². The number of carboxylic acid groups (broad SMARTS) is 1. The molecule has 0 bridgehead atoms. The number of anilines is 1. The second-order valence-corrected chi connectivity index (χ2v) is 3.20. The van der Waals surface area contributed by atoms with Crippen LogP contribution in [0.4, 0.5) is 5.69 Å². The summed E-state index contributed by atoms with van der Waals surface area (Å²) in [4.78, 5) is 10.4. The smallest absolute Gasteiger partial charge is 0.322 e. The Labute approximate surface area is 82.7 Å². The summed E-state index contributed by atoms with van der Waals surface area (Å²) < 4.78 is 0. The van der Waals surface area contributed by atoms with Gasteiger partial charge in [-0.2, -0.15) is 0 Å². The van der Waals surface area contributed by atoms with Gasteiger partial charge in [-0.05, 0) is 24.6 Å². The largest absolute Gasteiger partial charge is 0.480 e. The Kier molecular flexibility index (Phi) is 3.48. The van der Waals surface area contributed by atoms with Gasteiger partial charge >= 0.3 is 5.97 Å². The van der Waals surface area contributed by atoms with Crippen molar-refractivity contribution < 1.29 is 9.90 Å². The first-order valence-electron chi connectivity index (χ1n) is 4.38. The fourth-order valence-electron chi connectivity index (χ4n) is 1.07. The third-order valence-corrected chi connectivity index (χ3v) is 1.86. The third kappa shape index (κ3) is 3.06. The van der Waals surface area contributed by atoms with Crippen LogP contribution in [-0.2, 0) is 4.79 Å². The fourth-order valence-corrected chi connectivity index (χ4v) is 1.07. The summed E-state index contributed by atoms with van der Waals surface area (Å²) in [6.07, 6.45) is 0. The number of nitrogens with two attached hydrogens (primary N) is 1. The van der Waals surface area contributed by atoms with Crippen molar-refractivity contribution in [3.8, 4) is 0 Å². The van der Waals surface area contributed by atoms with Crippen molar-refractivity contribution in [2.45, 2.75) is 13.0 Å². The molecule has 4 heteroatoms. The first-order chi connectivity index (χ1) is 6.59. The van der Waals surface area contributed by atoms with E-state index in [1.807, 2.05) is 31.2 Å². The molecule has 0 aliphatic heterocycles. The minimum absolute atomic E-state index is 0.235. The zero-order valence-electron chi connectivity index (χ0n) is 8.03. The lowest BCUT2D eigenvalue weighted by atomic mass is 10.2. The summed E-state index contributed by atoms with van der Waals surface area (Å²) in [7, 11) is 0. The molecular weight excluding hydrogens is 180 g/mol. The molecule has 4 N–H and O–H groups in total. The first-order valence-corrected chi connectivity index (χ1v) is 4.38. The number of aryl methyl sites for hydroxylation is 1. The van der Waals surface area contributed by atoms with Crippen LogP contribution in [-0.4, -0.2) is 23.7 Å². The van der Waals surface area contributed by atoms with E-state index in [2.05, 4.69) is 5.32 Å². The maximum absolute atomic E-state index is 10.4. The van der Waals surface area contributed by atoms with Gasteiger partial charge in [0.05, 0.1) is 0 Å². The summed E-state index contributed by atoms with van der Waals surface area (Å²) in [6.45, 7) is 2.21. The lowest BCUT2D eigenvalue weighted by Crippen LogP contribution is -2.36. The molecule has 0 heterocycles. The third-order valence-electron chi connectivity index (χ3n) is 1.86. The van der Waals surface area contributed by atoms with Crippen LogP contribution in [0.5, 0.6) is 0 Å². The Bertz CT molecular complexity index is 326. The van der Waals surface area contributed by atoms with Crippen molar-refractivity contribution in [2.75, 3.05) is 11.9 Å². The van der Waals surface area contributed by atoms with Gasteiger partial charge < -0.3 is 16.2 Å². The van der Waals surface area contributed by atoms with Crippen molar-refractivity contribution in [1.29, 1.82) is 0 Å². The second-order valence-electron chi connectivity index (χ2n) is 3.20. The first kappa shape index (κ1) is 10.5. The molecule has 0 fully saturated rings. The summed E-state index contributed by atoms with van der Waals surface area (Å²) in [5.41, 5.74) is 7.35. The molecule has 0 aliphatic carbocycles. The van der Waals surface area contributed by atoms with Gasteiger partial charge in [-0.15, -0.1) is 0 Å². The number of benzene rings is 1. The Morgan fingerprint density at radius 2 is 2.36 bits per heavy atom. The van der Waals surface area contributed by atoms with Crippen LogP contribution in [0.2, 0.25) is 0 Å². The van der Waals surface area contributed by atoms with E-state index in [9.17, 15) is 4.79 Å². The van der Waals surface area contributed by atoms with Crippen LogP contribution in [0.1, 0.15) is 5.56 Å². The van der Waals surface area contributed by atoms with Gasteiger partial charge in [0, 0.05) is 12.2 Å². The highest BCUT2D eigenvalue weighted by Crippen LogP contribution is 2.08. The minimum Gasteiger partial charge on any atom is -0.480 e. The quantitative estimate of drug-likeness (QED) is 0.663. The molecule has 1 atom stereocenters. The molecule has 1 aromatic rings. The van der Waals surface area contributed by atoms with E-state index in [1.165, 1.54) is 0 Å². The number of nitrogens with one attached hydrogen (secondary N) is 1. The molecule has 0 saturated heterocycles. The number of carbonyl (C=O) groups is 1. The van der Waals surface area contributed by atoms with Gasteiger partial charge in [0.25, 0.3) is 0 Å². The molecule has 1 aromatic carbocycles. The monoisotopic (exact) mass is 194 g/mol. The van der Waals surface area contributed by atoms with Crippen LogP contribution >= 0.6 is 0 Å². The standard InChI is InChI=1S/C10H14N2O2/c1-7-3-2-4-8(5-7)12-6-9(11)10(13)14/h2-5,9,12H,6,11H2,1H3,(H,13,14)/t9-/m0/s1. The Hall–Kier alpha value is -1.55. The van der Waals surface area contributed by atoms with E-state index in [0.717, 1.165) is 11.3 Å². The second kappa shape index (κ2) is 4.62. The normalized spacial score (nSPS) is 12.1. The van der Waals surface area contributed by atoms with E-state index < -0.39 is 12.0 Å². The number of carboxylic acids is 1. The van der Waals surface area contributed by atoms with Crippen LogP contribution in [0.3, 0.4) is 0 Å². The predicted octanol–water partition coefficient (Wildman–Crippen LogP) is 0.819. The van der Waals surface area contributed by atoms with E-state index in [0.29, 0.717) is 0 Å². The van der Waals surface area contributed by atoms with E-state index >= 15 is 0 Å². The molecule has 1 rings (SSSR count). The molecule has 0 unspecified atom stereocenters. The number of hydrogen-bond acceptors (Lipinski definition) is 3. The molecular formula is C10H14N2O2. The van der Waals surface area contributed by atoms with Crippen LogP contribution < -0.4 is 11.1 Å². The summed E-state index contributed by atoms with van der Waals surface area (Å²) in [5.74, 6) is -0.995. The maximum Gasteiger partial charge on any atom is 0.322 e. The highest BCUT2D eigenvalue weighted by molar-refractivity contribution is 5.74. The van der Waals surface area contributed by atoms with Gasteiger partial charge in [-0.25, -0.2) is 0 Å². The number of hydrogen-bond donors (Lipinski definition) is 3. The highest BCUT2D eigenvalue weighted by Gasteiger charge is 2.09. The van der Waals surface area contributed by atoms with E-state index in [-0.39, 0.29) is 6.54 Å². The Balaban J connectivity index is 2.49. The van der Waals surface area contributed by atoms with Gasteiger partial charge in [0.15, 0.2) is 0 Å². The number of aliphatic carboxylic acids is 1. The van der Waals surface area contributed by atoms with Gasteiger partial charge in [0.2, 0.25) is 0 Å². The van der Waals surface area contributed by atoms with E-state index in [4.69, 9.17) is 10.8 Å². The van der Waals surface area contributed by atoms with Gasteiger partial charge in [-0.3, -0.25) is 4.79 Å². The Morgan fingerprint density at radius 1 is 1.64 bits per heavy atom. The SMILES string of the molecule is Cc1cccc(NC[C@H](N)C(=O)O)c1. The fraction of sp³-hybridized carbons (Fsp3) is 0.300. The Morgan fingerprint density at radius 3 is 2.93 bits per heavy atom. The molecule has 4 nitrogen and oxygen atoms in total. The van der Waals surface area contributed by atoms with Crippen molar-refractivity contribution in [3.05, 3.63) is 29.8 Å². The molecule has 14 heavy (non-hydrogen) atoms. The average molecular weight is 194 g/mol. The molecule has 0 amide bonds. The highest BCUT2D eigenvalue weighted by atomic mass is 16.4. The molecule has 0 aromatic heterocycles. The zero-order valence-corrected chi connectivity index (χ0v) is 8.03.